The summed E-state index contributed by atoms with van der Waals surface area (Å²) in [7, 11) is 0. The van der Waals surface area contributed by atoms with Crippen LogP contribution in [0.25, 0.3) is 11.0 Å². The van der Waals surface area contributed by atoms with Gasteiger partial charge in [-0.05, 0) is 18.2 Å². The molecular formula is C16H14ClN5O. The Morgan fingerprint density at radius 1 is 1.22 bits per heavy atom. The molecule has 1 fully saturated rings. The lowest BCUT2D eigenvalue weighted by Crippen LogP contribution is -2.51. The molecule has 2 aromatic heterocycles. The molecule has 3 aromatic rings. The number of hydrogen-bond acceptors (Lipinski definition) is 4. The lowest BCUT2D eigenvalue weighted by molar-refractivity contribution is 0.0461. The second-order valence-electron chi connectivity index (χ2n) is 5.72. The average Bonchev–Trinajstić information content (AvgIpc) is 2.94. The molecule has 7 heteroatoms. The van der Waals surface area contributed by atoms with Crippen molar-refractivity contribution in [2.45, 2.75) is 6.54 Å². The minimum Gasteiger partial charge on any atom is -0.338 e. The van der Waals surface area contributed by atoms with Gasteiger partial charge in [0.25, 0.3) is 5.91 Å². The molecule has 0 spiro atoms. The second kappa shape index (κ2) is 5.62. The van der Waals surface area contributed by atoms with Crippen molar-refractivity contribution in [3.05, 3.63) is 53.6 Å². The first-order valence-corrected chi connectivity index (χ1v) is 7.75. The zero-order valence-corrected chi connectivity index (χ0v) is 13.0. The maximum Gasteiger partial charge on any atom is 0.253 e. The van der Waals surface area contributed by atoms with Crippen LogP contribution < -0.4 is 0 Å². The van der Waals surface area contributed by atoms with Crippen molar-refractivity contribution < 1.29 is 4.79 Å². The molecule has 1 amide bonds. The van der Waals surface area contributed by atoms with Crippen LogP contribution in [0.2, 0.25) is 5.02 Å². The third-order valence-corrected chi connectivity index (χ3v) is 4.20. The molecule has 1 aliphatic rings. The van der Waals surface area contributed by atoms with E-state index < -0.39 is 0 Å². The number of nitrogens with zero attached hydrogens (tertiary/aromatic N) is 5. The van der Waals surface area contributed by atoms with Gasteiger partial charge in [0, 0.05) is 49.7 Å². The van der Waals surface area contributed by atoms with E-state index in [2.05, 4.69) is 15.1 Å². The summed E-state index contributed by atoms with van der Waals surface area (Å²) < 4.78 is 1.82. The van der Waals surface area contributed by atoms with Gasteiger partial charge in [-0.3, -0.25) is 19.4 Å². The molecule has 116 valence electrons. The van der Waals surface area contributed by atoms with Crippen molar-refractivity contribution in [3.63, 3.8) is 0 Å². The van der Waals surface area contributed by atoms with Crippen molar-refractivity contribution in [1.82, 2.24) is 24.6 Å². The zero-order valence-electron chi connectivity index (χ0n) is 12.3. The zero-order chi connectivity index (χ0) is 15.8. The number of fused-ring (bicyclic) bond motifs is 1. The van der Waals surface area contributed by atoms with E-state index in [1.807, 2.05) is 15.6 Å². The smallest absolute Gasteiger partial charge is 0.253 e. The van der Waals surface area contributed by atoms with Gasteiger partial charge in [0.05, 0.1) is 22.3 Å². The molecule has 1 aromatic carbocycles. The van der Waals surface area contributed by atoms with Crippen LogP contribution in [0.3, 0.4) is 0 Å². The monoisotopic (exact) mass is 327 g/mol. The van der Waals surface area contributed by atoms with Crippen LogP contribution in [0, 0.1) is 5.92 Å². The molecule has 0 bridgehead atoms. The number of carbonyl (C=O) groups excluding carboxylic acids is 1. The van der Waals surface area contributed by atoms with Crippen LogP contribution >= 0.6 is 11.6 Å². The topological polar surface area (TPSA) is 63.9 Å². The number of aromatic nitrogens is 4. The van der Waals surface area contributed by atoms with Gasteiger partial charge in [0.1, 0.15) is 0 Å². The van der Waals surface area contributed by atoms with Crippen molar-refractivity contribution in [2.75, 3.05) is 13.1 Å². The minimum absolute atomic E-state index is 0.0345. The fourth-order valence-electron chi connectivity index (χ4n) is 2.83. The van der Waals surface area contributed by atoms with Gasteiger partial charge < -0.3 is 4.90 Å². The van der Waals surface area contributed by atoms with E-state index in [0.29, 0.717) is 16.5 Å². The predicted molar refractivity (Wildman–Crippen MR) is 86.2 cm³/mol. The summed E-state index contributed by atoms with van der Waals surface area (Å²) in [6.45, 7) is 2.24. The molecule has 0 N–H and O–H groups in total. The molecule has 3 heterocycles. The van der Waals surface area contributed by atoms with E-state index in [1.54, 1.807) is 36.9 Å². The first-order valence-electron chi connectivity index (χ1n) is 7.37. The molecule has 0 atom stereocenters. The summed E-state index contributed by atoms with van der Waals surface area (Å²) >= 11 is 5.85. The standard InChI is InChI=1S/C16H14ClN5O/c17-13-6-20-22(10-13)9-11-7-21(8-11)16(23)12-1-2-14-15(5-12)19-4-3-18-14/h1-6,10-11H,7-9H2. The summed E-state index contributed by atoms with van der Waals surface area (Å²) in [5.74, 6) is 0.447. The highest BCUT2D eigenvalue weighted by Gasteiger charge is 2.31. The third kappa shape index (κ3) is 2.77. The number of halogens is 1. The van der Waals surface area contributed by atoms with Crippen LogP contribution in [0.4, 0.5) is 0 Å². The predicted octanol–water partition coefficient (Wildman–Crippen LogP) is 2.25. The molecule has 4 rings (SSSR count). The summed E-state index contributed by atoms with van der Waals surface area (Å²) in [6.07, 6.45) is 6.70. The van der Waals surface area contributed by atoms with Gasteiger partial charge in [0.2, 0.25) is 0 Å². The molecule has 1 aliphatic heterocycles. The van der Waals surface area contributed by atoms with Gasteiger partial charge in [-0.25, -0.2) is 0 Å². The van der Waals surface area contributed by atoms with Crippen LogP contribution in [-0.2, 0) is 6.54 Å². The largest absolute Gasteiger partial charge is 0.338 e. The Morgan fingerprint density at radius 2 is 2.00 bits per heavy atom. The minimum atomic E-state index is 0.0345. The highest BCUT2D eigenvalue weighted by atomic mass is 35.5. The third-order valence-electron chi connectivity index (χ3n) is 4.01. The molecule has 1 saturated heterocycles. The van der Waals surface area contributed by atoms with Gasteiger partial charge in [-0.2, -0.15) is 5.10 Å². The summed E-state index contributed by atoms with van der Waals surface area (Å²) in [5, 5.41) is 4.80. The highest BCUT2D eigenvalue weighted by molar-refractivity contribution is 6.30. The van der Waals surface area contributed by atoms with Crippen molar-refractivity contribution in [2.24, 2.45) is 5.92 Å². The first-order chi connectivity index (χ1) is 11.2. The van der Waals surface area contributed by atoms with E-state index in [-0.39, 0.29) is 5.91 Å². The van der Waals surface area contributed by atoms with Crippen molar-refractivity contribution in [1.29, 1.82) is 0 Å². The first kappa shape index (κ1) is 14.1. The van der Waals surface area contributed by atoms with Gasteiger partial charge in [-0.15, -0.1) is 0 Å². The Kier molecular flexibility index (Phi) is 3.46. The molecular weight excluding hydrogens is 314 g/mol. The van der Waals surface area contributed by atoms with Gasteiger partial charge in [-0.1, -0.05) is 11.6 Å². The Hall–Kier alpha value is -2.47. The summed E-state index contributed by atoms with van der Waals surface area (Å²) in [5.41, 5.74) is 2.18. The summed E-state index contributed by atoms with van der Waals surface area (Å²) in [4.78, 5) is 22.8. The molecule has 0 unspecified atom stereocenters. The maximum absolute atomic E-state index is 12.5. The molecule has 6 nitrogen and oxygen atoms in total. The number of likely N-dealkylation sites (tertiary alicyclic amines) is 1. The Balaban J connectivity index is 1.42. The second-order valence-corrected chi connectivity index (χ2v) is 6.15. The number of hydrogen-bond donors (Lipinski definition) is 0. The Labute approximate surface area is 137 Å². The van der Waals surface area contributed by atoms with Crippen LogP contribution in [0.5, 0.6) is 0 Å². The lowest BCUT2D eigenvalue weighted by atomic mass is 9.98. The molecule has 0 saturated carbocycles. The quantitative estimate of drug-likeness (QED) is 0.740. The molecule has 0 aliphatic carbocycles. The Morgan fingerprint density at radius 3 is 2.74 bits per heavy atom. The summed E-state index contributed by atoms with van der Waals surface area (Å²) in [6, 6.07) is 5.43. The molecule has 23 heavy (non-hydrogen) atoms. The van der Waals surface area contributed by atoms with E-state index in [9.17, 15) is 4.79 Å². The van der Waals surface area contributed by atoms with E-state index in [0.717, 1.165) is 30.7 Å². The van der Waals surface area contributed by atoms with E-state index in [4.69, 9.17) is 11.6 Å². The number of carbonyl (C=O) groups is 1. The van der Waals surface area contributed by atoms with Crippen LogP contribution in [-0.4, -0.2) is 43.6 Å². The number of rotatable bonds is 3. The Bertz CT molecular complexity index is 872. The number of amides is 1. The van der Waals surface area contributed by atoms with Crippen molar-refractivity contribution >= 4 is 28.5 Å². The molecule has 0 radical (unpaired) electrons. The highest BCUT2D eigenvalue weighted by Crippen LogP contribution is 2.22. The van der Waals surface area contributed by atoms with Crippen molar-refractivity contribution in [3.8, 4) is 0 Å². The number of benzene rings is 1. The van der Waals surface area contributed by atoms with E-state index >= 15 is 0 Å². The van der Waals surface area contributed by atoms with E-state index in [1.165, 1.54) is 0 Å². The fraction of sp³-hybridized carbons (Fsp3) is 0.250. The SMILES string of the molecule is O=C(c1ccc2nccnc2c1)N1CC(Cn2cc(Cl)cn2)C1. The van der Waals surface area contributed by atoms with Crippen LogP contribution in [0.15, 0.2) is 43.0 Å². The van der Waals surface area contributed by atoms with Gasteiger partial charge >= 0.3 is 0 Å². The maximum atomic E-state index is 12.5. The van der Waals surface area contributed by atoms with Crippen LogP contribution in [0.1, 0.15) is 10.4 Å². The fourth-order valence-corrected chi connectivity index (χ4v) is 2.99. The normalized spacial score (nSPS) is 14.9. The van der Waals surface area contributed by atoms with Gasteiger partial charge in [0.15, 0.2) is 0 Å². The average molecular weight is 328 g/mol. The lowest BCUT2D eigenvalue weighted by Gasteiger charge is -2.39.